The second kappa shape index (κ2) is 6.53. The minimum Gasteiger partial charge on any atom is -0.381 e. The summed E-state index contributed by atoms with van der Waals surface area (Å²) >= 11 is 3.51. The van der Waals surface area contributed by atoms with Crippen LogP contribution in [0.1, 0.15) is 31.4 Å². The normalized spacial score (nSPS) is 22.4. The topological polar surface area (TPSA) is 21.3 Å². The zero-order valence-corrected chi connectivity index (χ0v) is 11.9. The molecular formula is C14H20BrNO. The second-order valence-electron chi connectivity index (χ2n) is 4.77. The van der Waals surface area contributed by atoms with E-state index in [1.165, 1.54) is 18.4 Å². The van der Waals surface area contributed by atoms with Gasteiger partial charge in [0.2, 0.25) is 0 Å². The molecule has 1 fully saturated rings. The fraction of sp³-hybridized carbons (Fsp3) is 0.571. The summed E-state index contributed by atoms with van der Waals surface area (Å²) in [6, 6.07) is 8.89. The molecule has 0 spiro atoms. The van der Waals surface area contributed by atoms with Crippen molar-refractivity contribution < 1.29 is 4.74 Å². The number of halogens is 1. The first-order chi connectivity index (χ1) is 8.25. The third-order valence-corrected chi connectivity index (χ3v) is 3.81. The Balaban J connectivity index is 1.82. The van der Waals surface area contributed by atoms with Crippen LogP contribution >= 0.6 is 15.9 Å². The summed E-state index contributed by atoms with van der Waals surface area (Å²) in [4.78, 5) is 0. The van der Waals surface area contributed by atoms with Gasteiger partial charge in [-0.3, -0.25) is 0 Å². The SMILES string of the molecule is C[C@@H](NCC1CCCOC1)c1cccc(Br)c1. The van der Waals surface area contributed by atoms with Crippen LogP contribution in [0.15, 0.2) is 28.7 Å². The van der Waals surface area contributed by atoms with Crippen molar-refractivity contribution in [2.75, 3.05) is 19.8 Å². The summed E-state index contributed by atoms with van der Waals surface area (Å²) < 4.78 is 6.63. The fourth-order valence-corrected chi connectivity index (χ4v) is 2.62. The molecular weight excluding hydrogens is 278 g/mol. The lowest BCUT2D eigenvalue weighted by Gasteiger charge is -2.24. The van der Waals surface area contributed by atoms with Gasteiger partial charge in [-0.1, -0.05) is 28.1 Å². The van der Waals surface area contributed by atoms with Crippen molar-refractivity contribution in [2.24, 2.45) is 5.92 Å². The van der Waals surface area contributed by atoms with Crippen molar-refractivity contribution in [3.05, 3.63) is 34.3 Å². The molecule has 1 aliphatic rings. The lowest BCUT2D eigenvalue weighted by molar-refractivity contribution is 0.0540. The van der Waals surface area contributed by atoms with Gasteiger partial charge >= 0.3 is 0 Å². The first kappa shape index (κ1) is 13.1. The van der Waals surface area contributed by atoms with Crippen LogP contribution in [-0.4, -0.2) is 19.8 Å². The van der Waals surface area contributed by atoms with E-state index in [0.717, 1.165) is 24.2 Å². The highest BCUT2D eigenvalue weighted by molar-refractivity contribution is 9.10. The molecule has 17 heavy (non-hydrogen) atoms. The molecule has 0 aromatic heterocycles. The zero-order chi connectivity index (χ0) is 12.1. The lowest BCUT2D eigenvalue weighted by atomic mass is 10.0. The first-order valence-corrected chi connectivity index (χ1v) is 7.11. The Morgan fingerprint density at radius 3 is 3.12 bits per heavy atom. The van der Waals surface area contributed by atoms with Gasteiger partial charge in [-0.15, -0.1) is 0 Å². The average Bonchev–Trinajstić information content (AvgIpc) is 2.37. The number of rotatable bonds is 4. The summed E-state index contributed by atoms with van der Waals surface area (Å²) in [5, 5.41) is 3.60. The lowest BCUT2D eigenvalue weighted by Crippen LogP contribution is -2.30. The van der Waals surface area contributed by atoms with Gasteiger partial charge in [0.1, 0.15) is 0 Å². The molecule has 2 nitrogen and oxygen atoms in total. The molecule has 0 saturated carbocycles. The molecule has 1 unspecified atom stereocenters. The molecule has 0 aliphatic carbocycles. The molecule has 94 valence electrons. The number of ether oxygens (including phenoxy) is 1. The summed E-state index contributed by atoms with van der Waals surface area (Å²) in [5.41, 5.74) is 1.33. The molecule has 0 radical (unpaired) electrons. The van der Waals surface area contributed by atoms with Crippen molar-refractivity contribution in [1.82, 2.24) is 5.32 Å². The summed E-state index contributed by atoms with van der Waals surface area (Å²) in [6.07, 6.45) is 2.50. The molecule has 1 aromatic carbocycles. The Bertz CT molecular complexity index is 350. The van der Waals surface area contributed by atoms with Crippen molar-refractivity contribution in [2.45, 2.75) is 25.8 Å². The van der Waals surface area contributed by atoms with Gasteiger partial charge in [0.05, 0.1) is 6.61 Å². The van der Waals surface area contributed by atoms with Gasteiger partial charge in [-0.2, -0.15) is 0 Å². The van der Waals surface area contributed by atoms with Crippen LogP contribution in [0.3, 0.4) is 0 Å². The predicted molar refractivity (Wildman–Crippen MR) is 74.1 cm³/mol. The van der Waals surface area contributed by atoms with Crippen LogP contribution in [0.25, 0.3) is 0 Å². The van der Waals surface area contributed by atoms with E-state index in [9.17, 15) is 0 Å². The fourth-order valence-electron chi connectivity index (χ4n) is 2.21. The highest BCUT2D eigenvalue weighted by Crippen LogP contribution is 2.19. The highest BCUT2D eigenvalue weighted by atomic mass is 79.9. The smallest absolute Gasteiger partial charge is 0.0506 e. The molecule has 1 aliphatic heterocycles. The molecule has 1 saturated heterocycles. The van der Waals surface area contributed by atoms with Gasteiger partial charge in [-0.25, -0.2) is 0 Å². The third kappa shape index (κ3) is 4.09. The van der Waals surface area contributed by atoms with Crippen molar-refractivity contribution >= 4 is 15.9 Å². The van der Waals surface area contributed by atoms with Crippen molar-refractivity contribution in [3.8, 4) is 0 Å². The van der Waals surface area contributed by atoms with Crippen LogP contribution in [0.5, 0.6) is 0 Å². The minimum atomic E-state index is 0.398. The van der Waals surface area contributed by atoms with Crippen LogP contribution in [-0.2, 0) is 4.74 Å². The monoisotopic (exact) mass is 297 g/mol. The maximum Gasteiger partial charge on any atom is 0.0506 e. The van der Waals surface area contributed by atoms with Gasteiger partial charge in [0.25, 0.3) is 0 Å². The van der Waals surface area contributed by atoms with Gasteiger partial charge in [0.15, 0.2) is 0 Å². The van der Waals surface area contributed by atoms with Crippen molar-refractivity contribution in [1.29, 1.82) is 0 Å². The largest absolute Gasteiger partial charge is 0.381 e. The number of hydrogen-bond donors (Lipinski definition) is 1. The molecule has 0 amide bonds. The first-order valence-electron chi connectivity index (χ1n) is 6.32. The Morgan fingerprint density at radius 2 is 2.41 bits per heavy atom. The van der Waals surface area contributed by atoms with Gasteiger partial charge in [-0.05, 0) is 43.4 Å². The van der Waals surface area contributed by atoms with Crippen molar-refractivity contribution in [3.63, 3.8) is 0 Å². The molecule has 1 heterocycles. The van der Waals surface area contributed by atoms with E-state index in [2.05, 4.69) is 52.4 Å². The van der Waals surface area contributed by atoms with E-state index in [1.54, 1.807) is 0 Å². The van der Waals surface area contributed by atoms with Gasteiger partial charge < -0.3 is 10.1 Å². The molecule has 2 rings (SSSR count). The van der Waals surface area contributed by atoms with Crippen LogP contribution in [0.2, 0.25) is 0 Å². The Kier molecular flexibility index (Phi) is 5.01. The van der Waals surface area contributed by atoms with Crippen LogP contribution in [0, 0.1) is 5.92 Å². The van der Waals surface area contributed by atoms with Crippen LogP contribution < -0.4 is 5.32 Å². The zero-order valence-electron chi connectivity index (χ0n) is 10.3. The number of nitrogens with one attached hydrogen (secondary N) is 1. The predicted octanol–water partition coefficient (Wildman–Crippen LogP) is 3.53. The molecule has 1 aromatic rings. The Morgan fingerprint density at radius 1 is 1.53 bits per heavy atom. The average molecular weight is 298 g/mol. The maximum absolute atomic E-state index is 5.49. The maximum atomic E-state index is 5.49. The summed E-state index contributed by atoms with van der Waals surface area (Å²) in [5.74, 6) is 0.679. The third-order valence-electron chi connectivity index (χ3n) is 3.32. The molecule has 1 N–H and O–H groups in total. The van der Waals surface area contributed by atoms with E-state index in [0.29, 0.717) is 12.0 Å². The summed E-state index contributed by atoms with van der Waals surface area (Å²) in [7, 11) is 0. The molecule has 2 atom stereocenters. The Hall–Kier alpha value is -0.380. The quantitative estimate of drug-likeness (QED) is 0.918. The van der Waals surface area contributed by atoms with E-state index in [-0.39, 0.29) is 0 Å². The van der Waals surface area contributed by atoms with E-state index in [4.69, 9.17) is 4.74 Å². The van der Waals surface area contributed by atoms with Gasteiger partial charge in [0, 0.05) is 23.7 Å². The number of hydrogen-bond acceptors (Lipinski definition) is 2. The standard InChI is InChI=1S/C14H20BrNO/c1-11(13-5-2-6-14(15)8-13)16-9-12-4-3-7-17-10-12/h2,5-6,8,11-12,16H,3-4,7,9-10H2,1H3/t11-,12?/m1/s1. The highest BCUT2D eigenvalue weighted by Gasteiger charge is 2.15. The van der Waals surface area contributed by atoms with E-state index >= 15 is 0 Å². The molecule has 0 bridgehead atoms. The van der Waals surface area contributed by atoms with Crippen LogP contribution in [0.4, 0.5) is 0 Å². The van der Waals surface area contributed by atoms with E-state index in [1.807, 2.05) is 0 Å². The van der Waals surface area contributed by atoms with E-state index < -0.39 is 0 Å². The molecule has 3 heteroatoms. The second-order valence-corrected chi connectivity index (χ2v) is 5.68. The minimum absolute atomic E-state index is 0.398. The number of benzene rings is 1. The Labute approximate surface area is 112 Å². The summed E-state index contributed by atoms with van der Waals surface area (Å²) in [6.45, 7) is 5.12.